The van der Waals surface area contributed by atoms with Gasteiger partial charge in [-0.15, -0.1) is 0 Å². The minimum Gasteiger partial charge on any atom is -0.339 e. The van der Waals surface area contributed by atoms with Gasteiger partial charge in [0.15, 0.2) is 0 Å². The summed E-state index contributed by atoms with van der Waals surface area (Å²) < 4.78 is 0. The Balaban J connectivity index is 1.69. The van der Waals surface area contributed by atoms with E-state index in [0.717, 1.165) is 31.3 Å². The molecule has 0 aromatic rings. The second kappa shape index (κ2) is 2.96. The lowest BCUT2D eigenvalue weighted by molar-refractivity contribution is -0.133. The van der Waals surface area contributed by atoms with Crippen molar-refractivity contribution in [1.82, 2.24) is 4.90 Å². The third kappa shape index (κ3) is 1.11. The fourth-order valence-corrected chi connectivity index (χ4v) is 3.39. The Labute approximate surface area is 84.6 Å². The van der Waals surface area contributed by atoms with Crippen LogP contribution >= 0.6 is 0 Å². The lowest BCUT2D eigenvalue weighted by Gasteiger charge is -2.36. The lowest BCUT2D eigenvalue weighted by Crippen LogP contribution is -2.43. The molecule has 14 heavy (non-hydrogen) atoms. The van der Waals surface area contributed by atoms with Crippen molar-refractivity contribution < 1.29 is 4.79 Å². The predicted octanol–water partition coefficient (Wildman–Crippen LogP) is 0.592. The van der Waals surface area contributed by atoms with Gasteiger partial charge in [0.25, 0.3) is 0 Å². The van der Waals surface area contributed by atoms with Crippen LogP contribution in [0.5, 0.6) is 0 Å². The summed E-state index contributed by atoms with van der Waals surface area (Å²) in [6.45, 7) is 1.81. The molecule has 0 spiro atoms. The molecule has 78 valence electrons. The largest absolute Gasteiger partial charge is 0.339 e. The second-order valence-electron chi connectivity index (χ2n) is 5.07. The van der Waals surface area contributed by atoms with Gasteiger partial charge in [0.1, 0.15) is 0 Å². The van der Waals surface area contributed by atoms with Crippen molar-refractivity contribution in [2.45, 2.75) is 31.7 Å². The average molecular weight is 194 g/mol. The van der Waals surface area contributed by atoms with E-state index in [-0.39, 0.29) is 0 Å². The molecule has 3 nitrogen and oxygen atoms in total. The first-order valence-electron chi connectivity index (χ1n) is 5.82. The second-order valence-corrected chi connectivity index (χ2v) is 5.07. The summed E-state index contributed by atoms with van der Waals surface area (Å²) in [5.74, 6) is 2.39. The van der Waals surface area contributed by atoms with E-state index in [2.05, 4.69) is 4.90 Å². The Morgan fingerprint density at radius 1 is 1.43 bits per heavy atom. The van der Waals surface area contributed by atoms with Gasteiger partial charge < -0.3 is 10.6 Å². The van der Waals surface area contributed by atoms with Crippen molar-refractivity contribution in [3.63, 3.8) is 0 Å². The summed E-state index contributed by atoms with van der Waals surface area (Å²) in [5.41, 5.74) is 5.59. The van der Waals surface area contributed by atoms with Crippen molar-refractivity contribution in [2.75, 3.05) is 13.1 Å². The maximum Gasteiger partial charge on any atom is 0.226 e. The zero-order valence-corrected chi connectivity index (χ0v) is 8.48. The van der Waals surface area contributed by atoms with E-state index in [4.69, 9.17) is 5.73 Å². The zero-order valence-electron chi connectivity index (χ0n) is 8.48. The van der Waals surface area contributed by atoms with Crippen LogP contribution < -0.4 is 5.73 Å². The number of carbonyl (C=O) groups is 1. The molecule has 2 aliphatic heterocycles. The molecule has 0 bridgehead atoms. The molecular formula is C11H18N2O. The van der Waals surface area contributed by atoms with Crippen molar-refractivity contribution in [3.05, 3.63) is 0 Å². The van der Waals surface area contributed by atoms with Crippen LogP contribution in [-0.2, 0) is 4.79 Å². The van der Waals surface area contributed by atoms with Gasteiger partial charge >= 0.3 is 0 Å². The number of carbonyl (C=O) groups excluding carboxylic acids is 1. The molecule has 2 N–H and O–H groups in total. The first-order chi connectivity index (χ1) is 6.81. The number of nitrogens with two attached hydrogens (primary N) is 1. The van der Waals surface area contributed by atoms with Gasteiger partial charge in [-0.25, -0.2) is 0 Å². The van der Waals surface area contributed by atoms with Gasteiger partial charge in [-0.3, -0.25) is 4.79 Å². The summed E-state index contributed by atoms with van der Waals surface area (Å²) in [4.78, 5) is 13.9. The van der Waals surface area contributed by atoms with Gasteiger partial charge in [-0.2, -0.15) is 0 Å². The summed E-state index contributed by atoms with van der Waals surface area (Å²) >= 11 is 0. The molecule has 0 radical (unpaired) electrons. The molecule has 4 atom stereocenters. The summed E-state index contributed by atoms with van der Waals surface area (Å²) in [6.07, 6.45) is 4.73. The van der Waals surface area contributed by atoms with Crippen molar-refractivity contribution >= 4 is 5.91 Å². The van der Waals surface area contributed by atoms with Gasteiger partial charge in [0.2, 0.25) is 5.91 Å². The van der Waals surface area contributed by atoms with E-state index >= 15 is 0 Å². The standard InChI is InChI=1S/C11H18N2O/c12-3-1-7-2-4-13-10(5-7)8-6-9(8)11(13)14/h7-10H,1-6,12H2. The summed E-state index contributed by atoms with van der Waals surface area (Å²) in [6, 6.07) is 0.595. The van der Waals surface area contributed by atoms with Gasteiger partial charge in [0, 0.05) is 18.5 Å². The van der Waals surface area contributed by atoms with E-state index in [1.54, 1.807) is 0 Å². The number of fused-ring (bicyclic) bond motifs is 3. The highest BCUT2D eigenvalue weighted by molar-refractivity contribution is 5.85. The monoisotopic (exact) mass is 194 g/mol. The molecule has 3 aliphatic rings. The van der Waals surface area contributed by atoms with Crippen LogP contribution in [0.4, 0.5) is 0 Å². The van der Waals surface area contributed by atoms with Gasteiger partial charge in [-0.1, -0.05) is 0 Å². The maximum atomic E-state index is 11.7. The van der Waals surface area contributed by atoms with E-state index in [1.807, 2.05) is 0 Å². The van der Waals surface area contributed by atoms with Crippen molar-refractivity contribution in [3.8, 4) is 0 Å². The zero-order chi connectivity index (χ0) is 9.71. The molecule has 3 fully saturated rings. The molecule has 2 heterocycles. The Kier molecular flexibility index (Phi) is 1.84. The van der Waals surface area contributed by atoms with Crippen LogP contribution in [0.25, 0.3) is 0 Å². The highest BCUT2D eigenvalue weighted by atomic mass is 16.2. The van der Waals surface area contributed by atoms with Crippen LogP contribution in [-0.4, -0.2) is 29.9 Å². The highest BCUT2D eigenvalue weighted by Gasteiger charge is 2.59. The first kappa shape index (κ1) is 8.72. The number of hydrogen-bond donors (Lipinski definition) is 1. The van der Waals surface area contributed by atoms with Gasteiger partial charge in [0.05, 0.1) is 0 Å². The number of amides is 1. The number of rotatable bonds is 2. The van der Waals surface area contributed by atoms with Crippen molar-refractivity contribution in [2.24, 2.45) is 23.5 Å². The lowest BCUT2D eigenvalue weighted by atomic mass is 9.87. The molecule has 0 aromatic heterocycles. The van der Waals surface area contributed by atoms with Crippen LogP contribution in [0.15, 0.2) is 0 Å². The number of hydrogen-bond acceptors (Lipinski definition) is 2. The normalized spacial score (nSPS) is 44.9. The maximum absolute atomic E-state index is 11.7. The number of nitrogens with zero attached hydrogens (tertiary/aromatic N) is 1. The summed E-state index contributed by atoms with van der Waals surface area (Å²) in [7, 11) is 0. The van der Waals surface area contributed by atoms with Crippen LogP contribution in [0, 0.1) is 17.8 Å². The Bertz CT molecular complexity index is 266. The smallest absolute Gasteiger partial charge is 0.226 e. The topological polar surface area (TPSA) is 46.3 Å². The van der Waals surface area contributed by atoms with Crippen LogP contribution in [0.1, 0.15) is 25.7 Å². The Morgan fingerprint density at radius 2 is 2.29 bits per heavy atom. The van der Waals surface area contributed by atoms with E-state index in [9.17, 15) is 4.79 Å². The molecule has 0 aromatic carbocycles. The first-order valence-corrected chi connectivity index (χ1v) is 5.82. The summed E-state index contributed by atoms with van der Waals surface area (Å²) in [5, 5.41) is 0. The predicted molar refractivity (Wildman–Crippen MR) is 53.5 cm³/mol. The molecular weight excluding hydrogens is 176 g/mol. The molecule has 3 heteroatoms. The molecule has 1 aliphatic carbocycles. The van der Waals surface area contributed by atoms with E-state index in [1.165, 1.54) is 19.3 Å². The van der Waals surface area contributed by atoms with E-state index in [0.29, 0.717) is 17.9 Å². The third-order valence-corrected chi connectivity index (χ3v) is 4.26. The fourth-order valence-electron chi connectivity index (χ4n) is 3.39. The molecule has 1 amide bonds. The minimum atomic E-state index is 0.427. The van der Waals surface area contributed by atoms with Crippen LogP contribution in [0.2, 0.25) is 0 Å². The third-order valence-electron chi connectivity index (χ3n) is 4.26. The minimum absolute atomic E-state index is 0.427. The molecule has 3 rings (SSSR count). The molecule has 2 saturated heterocycles. The van der Waals surface area contributed by atoms with E-state index < -0.39 is 0 Å². The van der Waals surface area contributed by atoms with Crippen LogP contribution in [0.3, 0.4) is 0 Å². The highest BCUT2D eigenvalue weighted by Crippen LogP contribution is 2.53. The Morgan fingerprint density at radius 3 is 3.07 bits per heavy atom. The van der Waals surface area contributed by atoms with Crippen molar-refractivity contribution in [1.29, 1.82) is 0 Å². The quantitative estimate of drug-likeness (QED) is 0.699. The molecule has 1 saturated carbocycles. The fraction of sp³-hybridized carbons (Fsp3) is 0.909. The van der Waals surface area contributed by atoms with Gasteiger partial charge in [-0.05, 0) is 44.1 Å². The SMILES string of the molecule is NCCC1CCN2C(=O)C3CC3C2C1. The number of piperidine rings is 2. The average Bonchev–Trinajstić information content (AvgIpc) is 2.92. The Hall–Kier alpha value is -0.570. The molecule has 4 unspecified atom stereocenters.